The number of carboxylic acids is 1. The molecule has 2 amide bonds. The first-order chi connectivity index (χ1) is 10.7. The number of nitrogens with one attached hydrogen (secondary N) is 2. The zero-order valence-corrected chi connectivity index (χ0v) is 12.9. The average Bonchev–Trinajstić information content (AvgIpc) is 2.46. The summed E-state index contributed by atoms with van der Waals surface area (Å²) < 4.78 is 13.1. The van der Waals surface area contributed by atoms with Gasteiger partial charge in [-0.1, -0.05) is 12.1 Å². The normalized spacial score (nSPS) is 14.4. The molecule has 1 aromatic carbocycles. The average molecular weight is 325 g/mol. The van der Waals surface area contributed by atoms with E-state index in [1.807, 2.05) is 0 Å². The van der Waals surface area contributed by atoms with Crippen molar-refractivity contribution in [1.29, 1.82) is 0 Å². The molecule has 0 aromatic heterocycles. The van der Waals surface area contributed by atoms with Gasteiger partial charge in [0, 0.05) is 6.42 Å². The fourth-order valence-corrected chi connectivity index (χ4v) is 1.81. The molecule has 0 unspecified atom stereocenters. The molecule has 0 aliphatic heterocycles. The van der Waals surface area contributed by atoms with Crippen LogP contribution in [0.15, 0.2) is 24.3 Å². The summed E-state index contributed by atoms with van der Waals surface area (Å²) in [6, 6.07) is 2.49. The minimum Gasteiger partial charge on any atom is -0.480 e. The first kappa shape index (κ1) is 18.6. The van der Waals surface area contributed by atoms with E-state index >= 15 is 0 Å². The Hall–Kier alpha value is -2.48. The van der Waals surface area contributed by atoms with E-state index in [-0.39, 0.29) is 6.42 Å². The minimum atomic E-state index is -1.26. The van der Waals surface area contributed by atoms with Crippen molar-refractivity contribution in [1.82, 2.24) is 10.6 Å². The van der Waals surface area contributed by atoms with E-state index in [1.54, 1.807) is 6.07 Å². The van der Waals surface area contributed by atoms with Gasteiger partial charge in [0.1, 0.15) is 17.9 Å². The molecule has 0 radical (unpaired) electrons. The van der Waals surface area contributed by atoms with E-state index in [4.69, 9.17) is 5.73 Å². The summed E-state index contributed by atoms with van der Waals surface area (Å²) in [4.78, 5) is 34.7. The van der Waals surface area contributed by atoms with Crippen molar-refractivity contribution >= 4 is 17.8 Å². The fourth-order valence-electron chi connectivity index (χ4n) is 1.81. The van der Waals surface area contributed by atoms with E-state index in [0.717, 1.165) is 0 Å². The lowest BCUT2D eigenvalue weighted by Crippen LogP contribution is -2.53. The van der Waals surface area contributed by atoms with Gasteiger partial charge in [0.25, 0.3) is 0 Å². The zero-order chi connectivity index (χ0) is 17.6. The lowest BCUT2D eigenvalue weighted by Gasteiger charge is -2.19. The summed E-state index contributed by atoms with van der Waals surface area (Å²) in [7, 11) is 0. The van der Waals surface area contributed by atoms with Crippen LogP contribution in [0.25, 0.3) is 0 Å². The number of rotatable bonds is 7. The van der Waals surface area contributed by atoms with E-state index in [0.29, 0.717) is 5.56 Å². The van der Waals surface area contributed by atoms with Crippen molar-refractivity contribution in [2.45, 2.75) is 38.4 Å². The standard InChI is InChI=1S/C15H20FN3O4/c1-8(17)13(20)18-9(2)14(21)19-12(15(22)23)7-10-4-3-5-11(16)6-10/h3-6,8-9,12H,7,17H2,1-2H3,(H,18,20)(H,19,21)(H,22,23)/t8-,9-,12+/m0/s1. The number of hydrogen-bond acceptors (Lipinski definition) is 4. The van der Waals surface area contributed by atoms with Crippen molar-refractivity contribution in [3.63, 3.8) is 0 Å². The highest BCUT2D eigenvalue weighted by Crippen LogP contribution is 2.07. The Morgan fingerprint density at radius 2 is 1.87 bits per heavy atom. The predicted octanol–water partition coefficient (Wildman–Crippen LogP) is -0.210. The van der Waals surface area contributed by atoms with Gasteiger partial charge in [0.15, 0.2) is 0 Å². The maximum atomic E-state index is 13.1. The third-order valence-electron chi connectivity index (χ3n) is 3.11. The lowest BCUT2D eigenvalue weighted by atomic mass is 10.1. The molecule has 0 saturated heterocycles. The molecule has 5 N–H and O–H groups in total. The molecular formula is C15H20FN3O4. The van der Waals surface area contributed by atoms with Gasteiger partial charge in [-0.2, -0.15) is 0 Å². The molecule has 0 bridgehead atoms. The molecule has 1 aromatic rings. The Balaban J connectivity index is 2.70. The summed E-state index contributed by atoms with van der Waals surface area (Å²) in [6.07, 6.45) is -0.0766. The minimum absolute atomic E-state index is 0.0766. The topological polar surface area (TPSA) is 122 Å². The molecule has 7 nitrogen and oxygen atoms in total. The van der Waals surface area contributed by atoms with Crippen molar-refractivity contribution < 1.29 is 23.9 Å². The quantitative estimate of drug-likeness (QED) is 0.553. The van der Waals surface area contributed by atoms with Crippen molar-refractivity contribution in [3.8, 4) is 0 Å². The number of hydrogen-bond donors (Lipinski definition) is 4. The monoisotopic (exact) mass is 325 g/mol. The second-order valence-corrected chi connectivity index (χ2v) is 5.25. The van der Waals surface area contributed by atoms with Crippen LogP contribution >= 0.6 is 0 Å². The molecule has 0 heterocycles. The van der Waals surface area contributed by atoms with Gasteiger partial charge in [-0.15, -0.1) is 0 Å². The Labute approximate surface area is 133 Å². The largest absolute Gasteiger partial charge is 0.480 e. The second kappa shape index (κ2) is 8.23. The van der Waals surface area contributed by atoms with Crippen LogP contribution < -0.4 is 16.4 Å². The van der Waals surface area contributed by atoms with Gasteiger partial charge >= 0.3 is 5.97 Å². The van der Waals surface area contributed by atoms with Crippen molar-refractivity contribution in [2.24, 2.45) is 5.73 Å². The van der Waals surface area contributed by atoms with Gasteiger partial charge in [-0.25, -0.2) is 9.18 Å². The Kier molecular flexibility index (Phi) is 6.65. The van der Waals surface area contributed by atoms with Crippen LogP contribution in [0.4, 0.5) is 4.39 Å². The maximum absolute atomic E-state index is 13.1. The van der Waals surface area contributed by atoms with Gasteiger partial charge in [-0.05, 0) is 31.5 Å². The number of benzene rings is 1. The van der Waals surface area contributed by atoms with Crippen LogP contribution in [-0.4, -0.2) is 41.0 Å². The molecule has 3 atom stereocenters. The Morgan fingerprint density at radius 1 is 1.22 bits per heavy atom. The molecule has 8 heteroatoms. The van der Waals surface area contributed by atoms with Crippen LogP contribution in [0.3, 0.4) is 0 Å². The van der Waals surface area contributed by atoms with Crippen molar-refractivity contribution in [3.05, 3.63) is 35.6 Å². The van der Waals surface area contributed by atoms with E-state index in [9.17, 15) is 23.9 Å². The summed E-state index contributed by atoms with van der Waals surface area (Å²) in [5.74, 6) is -2.93. The zero-order valence-electron chi connectivity index (χ0n) is 12.9. The van der Waals surface area contributed by atoms with Crippen molar-refractivity contribution in [2.75, 3.05) is 0 Å². The number of carbonyl (C=O) groups excluding carboxylic acids is 2. The summed E-state index contributed by atoms with van der Waals surface area (Å²) >= 11 is 0. The maximum Gasteiger partial charge on any atom is 0.326 e. The summed E-state index contributed by atoms with van der Waals surface area (Å²) in [5.41, 5.74) is 5.81. The SMILES string of the molecule is C[C@H](N)C(=O)N[C@@H](C)C(=O)N[C@H](Cc1cccc(F)c1)C(=O)O. The predicted molar refractivity (Wildman–Crippen MR) is 80.9 cm³/mol. The smallest absolute Gasteiger partial charge is 0.326 e. The Bertz CT molecular complexity index is 592. The number of amides is 2. The molecule has 0 spiro atoms. The Morgan fingerprint density at radius 3 is 2.39 bits per heavy atom. The third-order valence-corrected chi connectivity index (χ3v) is 3.11. The molecule has 0 saturated carbocycles. The van der Waals surface area contributed by atoms with Gasteiger partial charge < -0.3 is 21.5 Å². The van der Waals surface area contributed by atoms with Crippen LogP contribution in [0, 0.1) is 5.82 Å². The van der Waals surface area contributed by atoms with Crippen LogP contribution in [0.2, 0.25) is 0 Å². The second-order valence-electron chi connectivity index (χ2n) is 5.25. The molecular weight excluding hydrogens is 305 g/mol. The molecule has 0 aliphatic carbocycles. The third kappa shape index (κ3) is 6.03. The molecule has 0 aliphatic rings. The molecule has 1 rings (SSSR count). The van der Waals surface area contributed by atoms with Crippen LogP contribution in [0.1, 0.15) is 19.4 Å². The summed E-state index contributed by atoms with van der Waals surface area (Å²) in [6.45, 7) is 2.88. The first-order valence-corrected chi connectivity index (χ1v) is 7.04. The number of carboxylic acid groups (broad SMARTS) is 1. The van der Waals surface area contributed by atoms with Gasteiger partial charge in [0.2, 0.25) is 11.8 Å². The van der Waals surface area contributed by atoms with E-state index in [1.165, 1.54) is 32.0 Å². The highest BCUT2D eigenvalue weighted by atomic mass is 19.1. The molecule has 23 heavy (non-hydrogen) atoms. The van der Waals surface area contributed by atoms with Crippen LogP contribution in [0.5, 0.6) is 0 Å². The molecule has 126 valence electrons. The van der Waals surface area contributed by atoms with Gasteiger partial charge in [-0.3, -0.25) is 9.59 Å². The molecule has 0 fully saturated rings. The highest BCUT2D eigenvalue weighted by molar-refractivity contribution is 5.91. The number of halogens is 1. The van der Waals surface area contributed by atoms with E-state index < -0.39 is 41.7 Å². The first-order valence-electron chi connectivity index (χ1n) is 7.04. The van der Waals surface area contributed by atoms with E-state index in [2.05, 4.69) is 10.6 Å². The number of nitrogens with two attached hydrogens (primary N) is 1. The number of carbonyl (C=O) groups is 3. The lowest BCUT2D eigenvalue weighted by molar-refractivity contribution is -0.142. The number of aliphatic carboxylic acids is 1. The van der Waals surface area contributed by atoms with Crippen LogP contribution in [-0.2, 0) is 20.8 Å². The fraction of sp³-hybridized carbons (Fsp3) is 0.400. The van der Waals surface area contributed by atoms with Gasteiger partial charge in [0.05, 0.1) is 6.04 Å². The highest BCUT2D eigenvalue weighted by Gasteiger charge is 2.24. The summed E-state index contributed by atoms with van der Waals surface area (Å²) in [5, 5.41) is 13.9.